The number of pyridine rings is 1. The number of nitrogens with two attached hydrogens (primary N) is 1. The molecule has 7 nitrogen and oxygen atoms in total. The van der Waals surface area contributed by atoms with Gasteiger partial charge in [0.2, 0.25) is 5.82 Å². The van der Waals surface area contributed by atoms with Gasteiger partial charge in [-0.2, -0.15) is 0 Å². The lowest BCUT2D eigenvalue weighted by Crippen LogP contribution is -2.38. The van der Waals surface area contributed by atoms with E-state index >= 15 is 0 Å². The fourth-order valence-electron chi connectivity index (χ4n) is 2.46. The lowest BCUT2D eigenvalue weighted by molar-refractivity contribution is -0.384. The van der Waals surface area contributed by atoms with Gasteiger partial charge in [-0.1, -0.05) is 12.8 Å². The smallest absolute Gasteiger partial charge is 0.311 e. The van der Waals surface area contributed by atoms with Crippen LogP contribution in [0.4, 0.5) is 17.3 Å². The number of aliphatic hydroxyl groups excluding tert-OH is 1. The molecule has 1 saturated heterocycles. The number of nitrogens with zero attached hydrogens (tertiary/aromatic N) is 3. The Morgan fingerprint density at radius 2 is 2.26 bits per heavy atom. The summed E-state index contributed by atoms with van der Waals surface area (Å²) >= 11 is 0. The van der Waals surface area contributed by atoms with Crippen molar-refractivity contribution in [1.82, 2.24) is 4.98 Å². The predicted molar refractivity (Wildman–Crippen MR) is 72.0 cm³/mol. The molecule has 0 amide bonds. The molecule has 1 aromatic rings. The van der Waals surface area contributed by atoms with Gasteiger partial charge >= 0.3 is 5.69 Å². The number of nitrogen functional groups attached to an aromatic ring is 1. The zero-order valence-corrected chi connectivity index (χ0v) is 10.7. The summed E-state index contributed by atoms with van der Waals surface area (Å²) in [5.74, 6) is 0.521. The van der Waals surface area contributed by atoms with Gasteiger partial charge in [0.25, 0.3) is 0 Å². The summed E-state index contributed by atoms with van der Waals surface area (Å²) in [6.45, 7) is 0.621. The highest BCUT2D eigenvalue weighted by molar-refractivity contribution is 5.61. The number of rotatable bonds is 3. The van der Waals surface area contributed by atoms with Crippen LogP contribution in [0.5, 0.6) is 0 Å². The maximum absolute atomic E-state index is 11.1. The first kappa shape index (κ1) is 13.5. The van der Waals surface area contributed by atoms with Crippen LogP contribution < -0.4 is 10.6 Å². The molecule has 0 radical (unpaired) electrons. The van der Waals surface area contributed by atoms with Gasteiger partial charge in [-0.25, -0.2) is 4.98 Å². The zero-order chi connectivity index (χ0) is 13.8. The van der Waals surface area contributed by atoms with Gasteiger partial charge in [0.1, 0.15) is 5.82 Å². The Morgan fingerprint density at radius 1 is 1.47 bits per heavy atom. The second-order valence-corrected chi connectivity index (χ2v) is 4.72. The first-order chi connectivity index (χ1) is 9.13. The van der Waals surface area contributed by atoms with Crippen LogP contribution >= 0.6 is 0 Å². The van der Waals surface area contributed by atoms with Crippen molar-refractivity contribution in [2.45, 2.75) is 31.7 Å². The van der Waals surface area contributed by atoms with Gasteiger partial charge in [-0.15, -0.1) is 0 Å². The van der Waals surface area contributed by atoms with Crippen molar-refractivity contribution in [3.8, 4) is 0 Å². The number of aromatic nitrogens is 1. The lowest BCUT2D eigenvalue weighted by Gasteiger charge is -2.29. The number of anilines is 2. The van der Waals surface area contributed by atoms with Gasteiger partial charge < -0.3 is 15.7 Å². The lowest BCUT2D eigenvalue weighted by atomic mass is 10.1. The van der Waals surface area contributed by atoms with Gasteiger partial charge in [-0.05, 0) is 18.9 Å². The molecule has 0 aliphatic carbocycles. The van der Waals surface area contributed by atoms with Crippen LogP contribution in [0.25, 0.3) is 0 Å². The van der Waals surface area contributed by atoms with Crippen LogP contribution in [0.2, 0.25) is 0 Å². The zero-order valence-electron chi connectivity index (χ0n) is 10.7. The largest absolute Gasteiger partial charge is 0.394 e. The van der Waals surface area contributed by atoms with Gasteiger partial charge in [-0.3, -0.25) is 10.1 Å². The summed E-state index contributed by atoms with van der Waals surface area (Å²) in [7, 11) is 0. The quantitative estimate of drug-likeness (QED) is 0.631. The molecular formula is C12H18N4O3. The normalized spacial score (nSPS) is 20.1. The van der Waals surface area contributed by atoms with E-state index in [1.165, 1.54) is 12.1 Å². The van der Waals surface area contributed by atoms with Crippen LogP contribution in [0, 0.1) is 10.1 Å². The highest BCUT2D eigenvalue weighted by Crippen LogP contribution is 2.31. The molecule has 0 saturated carbocycles. The van der Waals surface area contributed by atoms with E-state index in [1.807, 2.05) is 4.90 Å². The third-order valence-corrected chi connectivity index (χ3v) is 3.43. The summed E-state index contributed by atoms with van der Waals surface area (Å²) in [6, 6.07) is 2.67. The highest BCUT2D eigenvalue weighted by atomic mass is 16.6. The average Bonchev–Trinajstić information content (AvgIpc) is 2.63. The first-order valence-corrected chi connectivity index (χ1v) is 6.42. The molecular weight excluding hydrogens is 248 g/mol. The van der Waals surface area contributed by atoms with E-state index in [4.69, 9.17) is 5.73 Å². The molecule has 19 heavy (non-hydrogen) atoms. The van der Waals surface area contributed by atoms with Crippen molar-refractivity contribution in [3.63, 3.8) is 0 Å². The minimum absolute atomic E-state index is 0.0341. The maximum Gasteiger partial charge on any atom is 0.311 e. The van der Waals surface area contributed by atoms with E-state index in [0.717, 1.165) is 25.7 Å². The summed E-state index contributed by atoms with van der Waals surface area (Å²) in [5.41, 5.74) is 5.58. The van der Waals surface area contributed by atoms with Crippen molar-refractivity contribution in [1.29, 1.82) is 0 Å². The Labute approximate surface area is 111 Å². The number of aliphatic hydroxyl groups is 1. The maximum atomic E-state index is 11.1. The molecule has 2 rings (SSSR count). The Kier molecular flexibility index (Phi) is 4.16. The molecule has 1 aliphatic rings. The molecule has 2 heterocycles. The molecule has 1 atom stereocenters. The second-order valence-electron chi connectivity index (χ2n) is 4.72. The van der Waals surface area contributed by atoms with Crippen LogP contribution in [0.1, 0.15) is 25.7 Å². The van der Waals surface area contributed by atoms with E-state index < -0.39 is 4.92 Å². The third kappa shape index (κ3) is 2.93. The molecule has 0 spiro atoms. The van der Waals surface area contributed by atoms with Crippen molar-refractivity contribution in [2.24, 2.45) is 0 Å². The molecule has 104 valence electrons. The monoisotopic (exact) mass is 266 g/mol. The summed E-state index contributed by atoms with van der Waals surface area (Å²) in [6.07, 6.45) is 3.81. The van der Waals surface area contributed by atoms with Crippen LogP contribution in [0.15, 0.2) is 12.1 Å². The Hall–Kier alpha value is -1.89. The minimum Gasteiger partial charge on any atom is -0.394 e. The van der Waals surface area contributed by atoms with Gasteiger partial charge in [0, 0.05) is 12.6 Å². The molecule has 1 aromatic heterocycles. The van der Waals surface area contributed by atoms with Crippen LogP contribution in [-0.4, -0.2) is 34.2 Å². The Balaban J connectivity index is 2.42. The molecule has 1 fully saturated rings. The first-order valence-electron chi connectivity index (χ1n) is 6.42. The minimum atomic E-state index is -0.457. The standard InChI is InChI=1S/C12H18N4O3/c13-11-6-5-10(16(18)19)12(14-11)15-7-3-1-2-4-9(15)8-17/h5-6,9,17H,1-4,7-8H2,(H2,13,14). The molecule has 3 N–H and O–H groups in total. The van der Waals surface area contributed by atoms with Crippen molar-refractivity contribution < 1.29 is 10.0 Å². The Bertz CT molecular complexity index is 466. The van der Waals surface area contributed by atoms with E-state index in [0.29, 0.717) is 6.54 Å². The number of nitro groups is 1. The van der Waals surface area contributed by atoms with Crippen molar-refractivity contribution in [2.75, 3.05) is 23.8 Å². The molecule has 1 aliphatic heterocycles. The third-order valence-electron chi connectivity index (χ3n) is 3.43. The predicted octanol–water partition coefficient (Wildman–Crippen LogP) is 1.31. The van der Waals surface area contributed by atoms with E-state index in [2.05, 4.69) is 4.98 Å². The van der Waals surface area contributed by atoms with Crippen LogP contribution in [0.3, 0.4) is 0 Å². The fraction of sp³-hybridized carbons (Fsp3) is 0.583. The number of hydrogen-bond acceptors (Lipinski definition) is 6. The second kappa shape index (κ2) is 5.83. The summed E-state index contributed by atoms with van der Waals surface area (Å²) in [4.78, 5) is 16.6. The van der Waals surface area contributed by atoms with Gasteiger partial charge in [0.15, 0.2) is 0 Å². The van der Waals surface area contributed by atoms with E-state index in [9.17, 15) is 15.2 Å². The Morgan fingerprint density at radius 3 is 2.95 bits per heavy atom. The van der Waals surface area contributed by atoms with Gasteiger partial charge in [0.05, 0.1) is 17.6 Å². The molecule has 0 aromatic carbocycles. The topological polar surface area (TPSA) is 106 Å². The highest BCUT2D eigenvalue weighted by Gasteiger charge is 2.28. The average molecular weight is 266 g/mol. The SMILES string of the molecule is Nc1ccc([N+](=O)[O-])c(N2CCCCCC2CO)n1. The summed E-state index contributed by atoms with van der Waals surface area (Å²) in [5, 5.41) is 20.6. The molecule has 1 unspecified atom stereocenters. The van der Waals surface area contributed by atoms with Crippen molar-refractivity contribution >= 4 is 17.3 Å². The van der Waals surface area contributed by atoms with E-state index in [-0.39, 0.29) is 30.0 Å². The summed E-state index contributed by atoms with van der Waals surface area (Å²) < 4.78 is 0. The molecule has 0 bridgehead atoms. The molecule has 7 heteroatoms. The van der Waals surface area contributed by atoms with Crippen molar-refractivity contribution in [3.05, 3.63) is 22.2 Å². The van der Waals surface area contributed by atoms with Crippen LogP contribution in [-0.2, 0) is 0 Å². The van der Waals surface area contributed by atoms with E-state index in [1.54, 1.807) is 0 Å². The number of hydrogen-bond donors (Lipinski definition) is 2. The fourth-order valence-corrected chi connectivity index (χ4v) is 2.46.